The minimum atomic E-state index is -1.93. The normalized spacial score (nSPS) is 20.7. The highest BCUT2D eigenvalue weighted by Gasteiger charge is 2.51. The summed E-state index contributed by atoms with van der Waals surface area (Å²) >= 11 is -3.87. The topological polar surface area (TPSA) is 86.9 Å². The van der Waals surface area contributed by atoms with Crippen LogP contribution in [0.3, 0.4) is 0 Å². The Morgan fingerprint density at radius 3 is 1.56 bits per heavy atom. The van der Waals surface area contributed by atoms with Crippen LogP contribution in [0.25, 0.3) is 0 Å². The molecule has 104 valence electrons. The van der Waals surface area contributed by atoms with E-state index in [1.165, 1.54) is 0 Å². The van der Waals surface area contributed by atoms with Crippen molar-refractivity contribution >= 4 is 30.3 Å². The van der Waals surface area contributed by atoms with Crippen LogP contribution in [-0.2, 0) is 22.7 Å². The molecule has 0 aliphatic carbocycles. The molecule has 7 nitrogen and oxygen atoms in total. The number of hydrogen-bond donors (Lipinski definition) is 0. The summed E-state index contributed by atoms with van der Waals surface area (Å²) in [5.74, 6) is 0. The Labute approximate surface area is 117 Å². The maximum absolute atomic E-state index is 5.59. The molecule has 0 bridgehead atoms. The van der Waals surface area contributed by atoms with Crippen LogP contribution in [0, 0.1) is 0 Å². The summed E-state index contributed by atoms with van der Waals surface area (Å²) in [7, 11) is 0. The van der Waals surface area contributed by atoms with Gasteiger partial charge in [0.2, 0.25) is 0 Å². The highest BCUT2D eigenvalue weighted by atomic mass is 27.3. The molecule has 18 heavy (non-hydrogen) atoms. The van der Waals surface area contributed by atoms with Crippen LogP contribution in [0.1, 0.15) is 40.0 Å². The summed E-state index contributed by atoms with van der Waals surface area (Å²) in [6.07, 6.45) is 1.96. The zero-order chi connectivity index (χ0) is 12.3. The summed E-state index contributed by atoms with van der Waals surface area (Å²) in [6, 6.07) is 0. The fourth-order valence-electron chi connectivity index (χ4n) is 1.50. The minimum absolute atomic E-state index is 0. The van der Waals surface area contributed by atoms with Crippen molar-refractivity contribution in [2.24, 2.45) is 0 Å². The van der Waals surface area contributed by atoms with Crippen LogP contribution < -0.4 is 0 Å². The zero-order valence-corrected chi connectivity index (χ0v) is 13.3. The van der Waals surface area contributed by atoms with Gasteiger partial charge in [-0.15, -0.1) is 0 Å². The van der Waals surface area contributed by atoms with Gasteiger partial charge in [-0.05, 0) is 19.3 Å². The van der Waals surface area contributed by atoms with E-state index in [0.29, 0.717) is 0 Å². The molecule has 2 rings (SSSR count). The predicted molar refractivity (Wildman–Crippen MR) is 63.9 cm³/mol. The Bertz CT molecular complexity index is 211. The minimum Gasteiger partial charge on any atom is -0.432 e. The second-order valence-corrected chi connectivity index (χ2v) is 6.69. The van der Waals surface area contributed by atoms with Gasteiger partial charge >= 0.3 is 30.3 Å². The highest BCUT2D eigenvalue weighted by Crippen LogP contribution is 2.22. The van der Waals surface area contributed by atoms with Gasteiger partial charge in [-0.3, -0.25) is 0 Å². The lowest BCUT2D eigenvalue weighted by molar-refractivity contribution is -0.210. The van der Waals surface area contributed by atoms with Crippen LogP contribution in [0.5, 0.6) is 0 Å². The molecule has 2 saturated heterocycles. The molecule has 2 fully saturated rings. The first-order valence-electron chi connectivity index (χ1n) is 6.17. The van der Waals surface area contributed by atoms with Gasteiger partial charge in [0.1, 0.15) is 18.9 Å². The monoisotopic (exact) mass is 294 g/mol. The SMILES string of the molecule is CCC1[O][Al]([O]C(CC)[O][Al]2[O]C(CC)[O]2)[O]1.O. The predicted octanol–water partition coefficient (Wildman–Crippen LogP) is 0.467. The molecule has 0 amide bonds. The summed E-state index contributed by atoms with van der Waals surface area (Å²) < 4.78 is 33.0. The zero-order valence-electron chi connectivity index (χ0n) is 11.0. The maximum atomic E-state index is 5.59. The molecule has 2 aliphatic heterocycles. The van der Waals surface area contributed by atoms with Gasteiger partial charge in [-0.25, -0.2) is 0 Å². The molecule has 2 N–H and O–H groups in total. The van der Waals surface area contributed by atoms with Gasteiger partial charge in [0.05, 0.1) is 0 Å². The fourth-order valence-corrected chi connectivity index (χ4v) is 4.70. The van der Waals surface area contributed by atoms with E-state index >= 15 is 0 Å². The average Bonchev–Trinajstić information content (AvgIpc) is 2.24. The number of hydrogen-bond acceptors (Lipinski definition) is 6. The van der Waals surface area contributed by atoms with Crippen molar-refractivity contribution in [3.05, 3.63) is 0 Å². The molecule has 9 heteroatoms. The quantitative estimate of drug-likeness (QED) is 0.501. The highest BCUT2D eigenvalue weighted by molar-refractivity contribution is 6.39. The van der Waals surface area contributed by atoms with Crippen molar-refractivity contribution in [2.45, 2.75) is 58.9 Å². The van der Waals surface area contributed by atoms with E-state index in [-0.39, 0.29) is 24.3 Å². The van der Waals surface area contributed by atoms with E-state index in [2.05, 4.69) is 0 Å². The molecule has 2 aliphatic rings. The second kappa shape index (κ2) is 8.16. The van der Waals surface area contributed by atoms with E-state index in [4.69, 9.17) is 22.7 Å². The van der Waals surface area contributed by atoms with Crippen molar-refractivity contribution < 1.29 is 28.2 Å². The van der Waals surface area contributed by atoms with E-state index < -0.39 is 30.3 Å². The fraction of sp³-hybridized carbons (Fsp3) is 1.00. The average molecular weight is 294 g/mol. The lowest BCUT2D eigenvalue weighted by atomic mass is 10.5. The van der Waals surface area contributed by atoms with Gasteiger partial charge in [0.15, 0.2) is 0 Å². The summed E-state index contributed by atoms with van der Waals surface area (Å²) in [4.78, 5) is 0. The Morgan fingerprint density at radius 1 is 0.889 bits per heavy atom. The molecule has 0 radical (unpaired) electrons. The number of rotatable bonds is 7. The third kappa shape index (κ3) is 4.41. The smallest absolute Gasteiger partial charge is 0.432 e. The van der Waals surface area contributed by atoms with Gasteiger partial charge in [-0.2, -0.15) is 0 Å². The lowest BCUT2D eigenvalue weighted by Crippen LogP contribution is -2.53. The summed E-state index contributed by atoms with van der Waals surface area (Å²) in [6.45, 7) is 6.01. The molecule has 0 spiro atoms. The molecule has 2 heterocycles. The molecule has 0 aromatic carbocycles. The Morgan fingerprint density at radius 2 is 1.28 bits per heavy atom. The molecule has 0 saturated carbocycles. The van der Waals surface area contributed by atoms with Gasteiger partial charge in [-0.1, -0.05) is 20.8 Å². The molecule has 0 atom stereocenters. The van der Waals surface area contributed by atoms with Crippen LogP contribution >= 0.6 is 0 Å². The van der Waals surface area contributed by atoms with Crippen LogP contribution in [0.4, 0.5) is 0 Å². The second-order valence-electron chi connectivity index (χ2n) is 3.91. The van der Waals surface area contributed by atoms with Crippen molar-refractivity contribution in [3.8, 4) is 0 Å². The lowest BCUT2D eigenvalue weighted by Gasteiger charge is -2.37. The van der Waals surface area contributed by atoms with Crippen molar-refractivity contribution in [3.63, 3.8) is 0 Å². The van der Waals surface area contributed by atoms with Gasteiger partial charge in [0.25, 0.3) is 0 Å². The van der Waals surface area contributed by atoms with Gasteiger partial charge < -0.3 is 28.2 Å². The Balaban J connectivity index is 0.00000162. The van der Waals surface area contributed by atoms with Gasteiger partial charge in [0, 0.05) is 0 Å². The first-order valence-corrected chi connectivity index (χ1v) is 9.00. The Kier molecular flexibility index (Phi) is 7.63. The van der Waals surface area contributed by atoms with E-state index in [0.717, 1.165) is 19.3 Å². The van der Waals surface area contributed by atoms with Crippen LogP contribution in [-0.4, -0.2) is 54.6 Å². The maximum Gasteiger partial charge on any atom is 0.910 e. The summed E-state index contributed by atoms with van der Waals surface area (Å²) in [5.41, 5.74) is 0. The first kappa shape index (κ1) is 16.8. The van der Waals surface area contributed by atoms with E-state index in [1.807, 2.05) is 20.8 Å². The standard InChI is InChI=1S/3C3H6O2.2Al.H2O/c3*1-2-3(4)5;;;/h3*3H,2H2,1H3;;;1H2/q3*-2;2*+3;. The molecule has 0 unspecified atom stereocenters. The van der Waals surface area contributed by atoms with Crippen molar-refractivity contribution in [1.82, 2.24) is 0 Å². The largest absolute Gasteiger partial charge is 0.910 e. The van der Waals surface area contributed by atoms with Crippen LogP contribution in [0.15, 0.2) is 0 Å². The molecule has 0 aromatic rings. The van der Waals surface area contributed by atoms with Crippen LogP contribution in [0.2, 0.25) is 0 Å². The Hall–Kier alpha value is 0.785. The van der Waals surface area contributed by atoms with E-state index in [9.17, 15) is 0 Å². The molecule has 0 aromatic heterocycles. The third-order valence-electron chi connectivity index (χ3n) is 2.58. The molecular formula is C9H20Al2O7. The summed E-state index contributed by atoms with van der Waals surface area (Å²) in [5, 5.41) is 0. The van der Waals surface area contributed by atoms with Crippen molar-refractivity contribution in [1.29, 1.82) is 0 Å². The molecular weight excluding hydrogens is 274 g/mol. The first-order chi connectivity index (χ1) is 8.25. The van der Waals surface area contributed by atoms with Crippen molar-refractivity contribution in [2.75, 3.05) is 0 Å². The van der Waals surface area contributed by atoms with E-state index in [1.54, 1.807) is 0 Å². The third-order valence-corrected chi connectivity index (χ3v) is 5.73.